The van der Waals surface area contributed by atoms with E-state index in [4.69, 9.17) is 11.0 Å². The third kappa shape index (κ3) is 4.27. The molecule has 21 heavy (non-hydrogen) atoms. The van der Waals surface area contributed by atoms with E-state index >= 15 is 0 Å². The number of benzene rings is 1. The van der Waals surface area contributed by atoms with Gasteiger partial charge in [-0.25, -0.2) is 0 Å². The smallest absolute Gasteiger partial charge is 0.398 e. The number of carbonyl (C=O) groups excluding carboxylic acids is 1. The minimum Gasteiger partial charge on any atom is -0.398 e. The van der Waals surface area contributed by atoms with Gasteiger partial charge >= 0.3 is 6.18 Å². The highest BCUT2D eigenvalue weighted by atomic mass is 19.4. The molecule has 1 atom stereocenters. The second-order valence-electron chi connectivity index (χ2n) is 4.42. The van der Waals surface area contributed by atoms with E-state index in [2.05, 4.69) is 5.32 Å². The number of nitrogens with one attached hydrogen (secondary N) is 1. The Kier molecular flexibility index (Phi) is 5.02. The third-order valence-corrected chi connectivity index (χ3v) is 2.93. The Hall–Kier alpha value is -2.43. The van der Waals surface area contributed by atoms with Crippen molar-refractivity contribution in [1.82, 2.24) is 5.32 Å². The normalized spacial score (nSPS) is 12.4. The first-order valence-corrected chi connectivity index (χ1v) is 6.04. The average Bonchev–Trinajstić information content (AvgIpc) is 2.43. The first-order chi connectivity index (χ1) is 9.69. The summed E-state index contributed by atoms with van der Waals surface area (Å²) in [6.07, 6.45) is -4.49. The standard InChI is InChI=1S/C13H15F3N4O/c1-8(12(21)19-2)20(7-13(14,15)16)10-3-4-11(18)9(5-10)6-17/h3-5,8H,7,18H2,1-2H3,(H,19,21). The van der Waals surface area contributed by atoms with Crippen LogP contribution in [-0.4, -0.2) is 31.7 Å². The van der Waals surface area contributed by atoms with Gasteiger partial charge in [0, 0.05) is 18.4 Å². The van der Waals surface area contributed by atoms with Gasteiger partial charge in [0.1, 0.15) is 18.7 Å². The number of carbonyl (C=O) groups is 1. The lowest BCUT2D eigenvalue weighted by molar-refractivity contribution is -0.126. The van der Waals surface area contributed by atoms with E-state index in [-0.39, 0.29) is 16.9 Å². The van der Waals surface area contributed by atoms with Crippen LogP contribution < -0.4 is 16.0 Å². The number of hydrogen-bond donors (Lipinski definition) is 2. The summed E-state index contributed by atoms with van der Waals surface area (Å²) in [5.74, 6) is -0.561. The Morgan fingerprint density at radius 3 is 2.62 bits per heavy atom. The van der Waals surface area contributed by atoms with Crippen molar-refractivity contribution in [3.05, 3.63) is 23.8 Å². The van der Waals surface area contributed by atoms with E-state index in [0.29, 0.717) is 0 Å². The summed E-state index contributed by atoms with van der Waals surface area (Å²) in [7, 11) is 1.34. The molecule has 0 aliphatic heterocycles. The monoisotopic (exact) mass is 300 g/mol. The summed E-state index contributed by atoms with van der Waals surface area (Å²) >= 11 is 0. The van der Waals surface area contributed by atoms with Crippen LogP contribution in [0.15, 0.2) is 18.2 Å². The minimum atomic E-state index is -4.49. The molecule has 0 aliphatic carbocycles. The van der Waals surface area contributed by atoms with E-state index in [9.17, 15) is 18.0 Å². The fourth-order valence-electron chi connectivity index (χ4n) is 1.82. The fourth-order valence-corrected chi connectivity index (χ4v) is 1.82. The Labute approximate surface area is 120 Å². The van der Waals surface area contributed by atoms with Crippen LogP contribution >= 0.6 is 0 Å². The number of amides is 1. The van der Waals surface area contributed by atoms with Crippen molar-refractivity contribution >= 4 is 17.3 Å². The number of nitrogen functional groups attached to an aromatic ring is 1. The summed E-state index contributed by atoms with van der Waals surface area (Å²) in [6.45, 7) is 0.0450. The molecule has 1 unspecified atom stereocenters. The Balaban J connectivity index is 3.24. The van der Waals surface area contributed by atoms with Gasteiger partial charge in [0.2, 0.25) is 5.91 Å². The molecule has 8 heteroatoms. The zero-order valence-corrected chi connectivity index (χ0v) is 11.5. The molecule has 0 fully saturated rings. The molecule has 3 N–H and O–H groups in total. The zero-order valence-electron chi connectivity index (χ0n) is 11.5. The van der Waals surface area contributed by atoms with Gasteiger partial charge in [0.25, 0.3) is 0 Å². The van der Waals surface area contributed by atoms with Crippen molar-refractivity contribution in [2.24, 2.45) is 0 Å². The summed E-state index contributed by atoms with van der Waals surface area (Å²) in [6, 6.07) is 4.68. The maximum Gasteiger partial charge on any atom is 0.405 e. The first-order valence-electron chi connectivity index (χ1n) is 6.04. The van der Waals surface area contributed by atoms with Crippen molar-refractivity contribution in [3.8, 4) is 6.07 Å². The number of nitrogens with two attached hydrogens (primary N) is 1. The van der Waals surface area contributed by atoms with Crippen LogP contribution in [0.3, 0.4) is 0 Å². The number of nitriles is 1. The maximum atomic E-state index is 12.7. The van der Waals surface area contributed by atoms with Gasteiger partial charge < -0.3 is 16.0 Å². The van der Waals surface area contributed by atoms with Crippen LogP contribution in [0.2, 0.25) is 0 Å². The van der Waals surface area contributed by atoms with Crippen molar-refractivity contribution in [2.75, 3.05) is 24.2 Å². The largest absolute Gasteiger partial charge is 0.405 e. The van der Waals surface area contributed by atoms with Gasteiger partial charge in [0.15, 0.2) is 0 Å². The molecule has 1 aromatic carbocycles. The molecule has 1 rings (SSSR count). The molecule has 0 saturated heterocycles. The highest BCUT2D eigenvalue weighted by Crippen LogP contribution is 2.27. The molecule has 0 bridgehead atoms. The van der Waals surface area contributed by atoms with E-state index < -0.39 is 24.7 Å². The van der Waals surface area contributed by atoms with Gasteiger partial charge in [-0.2, -0.15) is 18.4 Å². The lowest BCUT2D eigenvalue weighted by Gasteiger charge is -2.31. The van der Waals surface area contributed by atoms with Crippen LogP contribution in [0, 0.1) is 11.3 Å². The number of likely N-dealkylation sites (N-methyl/N-ethyl adjacent to an activating group) is 1. The molecule has 114 valence electrons. The average molecular weight is 300 g/mol. The molecule has 0 radical (unpaired) electrons. The van der Waals surface area contributed by atoms with Gasteiger partial charge in [-0.15, -0.1) is 0 Å². The first kappa shape index (κ1) is 16.6. The second kappa shape index (κ2) is 6.35. The molecule has 1 aromatic rings. The van der Waals surface area contributed by atoms with E-state index in [1.807, 2.05) is 0 Å². The van der Waals surface area contributed by atoms with Crippen LogP contribution in [0.1, 0.15) is 12.5 Å². The SMILES string of the molecule is CNC(=O)C(C)N(CC(F)(F)F)c1ccc(N)c(C#N)c1. The number of alkyl halides is 3. The van der Waals surface area contributed by atoms with Gasteiger partial charge in [-0.1, -0.05) is 0 Å². The van der Waals surface area contributed by atoms with Crippen LogP contribution in [0.4, 0.5) is 24.5 Å². The van der Waals surface area contributed by atoms with Crippen LogP contribution in [0.5, 0.6) is 0 Å². The molecule has 1 amide bonds. The predicted octanol–water partition coefficient (Wildman–Crippen LogP) is 1.64. The van der Waals surface area contributed by atoms with Crippen LogP contribution in [-0.2, 0) is 4.79 Å². The summed E-state index contributed by atoms with van der Waals surface area (Å²) < 4.78 is 38.2. The van der Waals surface area contributed by atoms with Gasteiger partial charge in [0.05, 0.1) is 5.56 Å². The summed E-state index contributed by atoms with van der Waals surface area (Å²) in [4.78, 5) is 12.5. The third-order valence-electron chi connectivity index (χ3n) is 2.93. The molecule has 5 nitrogen and oxygen atoms in total. The quantitative estimate of drug-likeness (QED) is 0.828. The summed E-state index contributed by atoms with van der Waals surface area (Å²) in [5.41, 5.74) is 5.88. The topological polar surface area (TPSA) is 82.2 Å². The van der Waals surface area contributed by atoms with Crippen molar-refractivity contribution in [1.29, 1.82) is 5.26 Å². The number of hydrogen-bond acceptors (Lipinski definition) is 4. The van der Waals surface area contributed by atoms with Crippen molar-refractivity contribution in [2.45, 2.75) is 19.1 Å². The van der Waals surface area contributed by atoms with E-state index in [0.717, 1.165) is 4.90 Å². The van der Waals surface area contributed by atoms with Gasteiger partial charge in [-0.05, 0) is 25.1 Å². The Morgan fingerprint density at radius 1 is 1.52 bits per heavy atom. The second-order valence-corrected chi connectivity index (χ2v) is 4.42. The molecule has 0 spiro atoms. The predicted molar refractivity (Wildman–Crippen MR) is 72.5 cm³/mol. The number of rotatable bonds is 4. The van der Waals surface area contributed by atoms with E-state index in [1.165, 1.54) is 32.2 Å². The zero-order chi connectivity index (χ0) is 16.2. The maximum absolute atomic E-state index is 12.7. The molecular weight excluding hydrogens is 285 g/mol. The highest BCUT2D eigenvalue weighted by molar-refractivity contribution is 5.85. The number of halogens is 3. The minimum absolute atomic E-state index is 0.0591. The fraction of sp³-hybridized carbons (Fsp3) is 0.385. The summed E-state index contributed by atoms with van der Waals surface area (Å²) in [5, 5.41) is 11.2. The Bertz CT molecular complexity index is 566. The van der Waals surface area contributed by atoms with E-state index in [1.54, 1.807) is 6.07 Å². The molecule has 0 aliphatic rings. The molecule has 0 aromatic heterocycles. The lowest BCUT2D eigenvalue weighted by atomic mass is 10.1. The van der Waals surface area contributed by atoms with Crippen molar-refractivity contribution < 1.29 is 18.0 Å². The highest BCUT2D eigenvalue weighted by Gasteiger charge is 2.35. The molecular formula is C13H15F3N4O. The molecule has 0 saturated carbocycles. The van der Waals surface area contributed by atoms with Gasteiger partial charge in [-0.3, -0.25) is 4.79 Å². The Morgan fingerprint density at radius 2 is 2.14 bits per heavy atom. The van der Waals surface area contributed by atoms with Crippen LogP contribution in [0.25, 0.3) is 0 Å². The number of anilines is 2. The lowest BCUT2D eigenvalue weighted by Crippen LogP contribution is -2.48. The number of nitrogens with zero attached hydrogens (tertiary/aromatic N) is 2. The van der Waals surface area contributed by atoms with Crippen molar-refractivity contribution in [3.63, 3.8) is 0 Å². The molecule has 0 heterocycles.